The van der Waals surface area contributed by atoms with Gasteiger partial charge in [-0.2, -0.15) is 0 Å². The predicted octanol–water partition coefficient (Wildman–Crippen LogP) is 4.84. The average molecular weight is 419 g/mol. The Labute approximate surface area is 179 Å². The molecule has 0 spiro atoms. The maximum absolute atomic E-state index is 12.5. The monoisotopic (exact) mass is 418 g/mol. The van der Waals surface area contributed by atoms with Gasteiger partial charge in [-0.15, -0.1) is 16.4 Å². The van der Waals surface area contributed by atoms with Crippen molar-refractivity contribution < 1.29 is 9.53 Å². The molecule has 2 aromatic heterocycles. The first-order valence-corrected chi connectivity index (χ1v) is 10.5. The Morgan fingerprint density at radius 3 is 2.70 bits per heavy atom. The van der Waals surface area contributed by atoms with Crippen molar-refractivity contribution >= 4 is 23.2 Å². The number of aromatic nitrogens is 3. The fraction of sp³-hybridized carbons (Fsp3) is 0.174. The number of nitrogens with zero attached hydrogens (tertiary/aromatic N) is 3. The fourth-order valence-electron chi connectivity index (χ4n) is 2.90. The topological polar surface area (TPSA) is 69.0 Å². The van der Waals surface area contributed by atoms with Crippen LogP contribution in [0.1, 0.15) is 31.9 Å². The second-order valence-corrected chi connectivity index (χ2v) is 7.97. The molecular formula is C23H22N4O2S. The number of anilines is 1. The summed E-state index contributed by atoms with van der Waals surface area (Å²) in [5.74, 6) is 0.885. The quantitative estimate of drug-likeness (QED) is 0.466. The molecule has 0 aliphatic rings. The number of hydrogen-bond acceptors (Lipinski definition) is 5. The lowest BCUT2D eigenvalue weighted by Gasteiger charge is -2.07. The minimum Gasteiger partial charge on any atom is -0.489 e. The number of hydrogen-bond donors (Lipinski definition) is 1. The first-order chi connectivity index (χ1) is 14.6. The van der Waals surface area contributed by atoms with Gasteiger partial charge in [0.05, 0.1) is 11.4 Å². The molecule has 152 valence electrons. The van der Waals surface area contributed by atoms with Crippen LogP contribution >= 0.6 is 11.3 Å². The number of thiophene rings is 1. The van der Waals surface area contributed by atoms with Crippen LogP contribution in [0.25, 0.3) is 0 Å². The molecule has 7 heteroatoms. The molecule has 0 unspecified atom stereocenters. The molecule has 0 radical (unpaired) electrons. The Morgan fingerprint density at radius 1 is 1.07 bits per heavy atom. The van der Waals surface area contributed by atoms with E-state index in [1.54, 1.807) is 11.0 Å². The van der Waals surface area contributed by atoms with E-state index in [0.29, 0.717) is 18.0 Å². The third kappa shape index (κ3) is 4.93. The van der Waals surface area contributed by atoms with Gasteiger partial charge in [-0.25, -0.2) is 9.67 Å². The Bertz CT molecular complexity index is 1150. The Hall–Kier alpha value is -3.45. The normalized spacial score (nSPS) is 10.7. The van der Waals surface area contributed by atoms with Gasteiger partial charge in [-0.3, -0.25) is 10.1 Å². The molecule has 2 heterocycles. The molecule has 1 N–H and O–H groups in total. The molecule has 0 saturated heterocycles. The van der Waals surface area contributed by atoms with Gasteiger partial charge in [0.1, 0.15) is 18.7 Å². The van der Waals surface area contributed by atoms with Crippen molar-refractivity contribution in [1.29, 1.82) is 0 Å². The average Bonchev–Trinajstić information content (AvgIpc) is 3.39. The molecule has 0 aliphatic carbocycles. The van der Waals surface area contributed by atoms with E-state index >= 15 is 0 Å². The van der Waals surface area contributed by atoms with Gasteiger partial charge in [0.25, 0.3) is 5.91 Å². The molecule has 4 aromatic rings. The number of carbonyl (C=O) groups excluding carboxylic acids is 1. The van der Waals surface area contributed by atoms with Gasteiger partial charge in [0, 0.05) is 5.56 Å². The van der Waals surface area contributed by atoms with Crippen molar-refractivity contribution in [2.24, 2.45) is 0 Å². The van der Waals surface area contributed by atoms with Crippen molar-refractivity contribution in [2.75, 3.05) is 5.32 Å². The minimum absolute atomic E-state index is 0.227. The molecule has 0 fully saturated rings. The lowest BCUT2D eigenvalue weighted by molar-refractivity contribution is 0.102. The van der Waals surface area contributed by atoms with Gasteiger partial charge in [-0.1, -0.05) is 36.4 Å². The summed E-state index contributed by atoms with van der Waals surface area (Å²) >= 11 is 1.37. The Kier molecular flexibility index (Phi) is 5.90. The number of benzene rings is 2. The largest absolute Gasteiger partial charge is 0.489 e. The number of aryl methyl sites for hydroxylation is 2. The van der Waals surface area contributed by atoms with Crippen molar-refractivity contribution in [3.8, 4) is 5.75 Å². The predicted molar refractivity (Wildman–Crippen MR) is 118 cm³/mol. The summed E-state index contributed by atoms with van der Waals surface area (Å²) in [7, 11) is 0. The van der Waals surface area contributed by atoms with Crippen LogP contribution < -0.4 is 10.1 Å². The number of rotatable bonds is 7. The molecule has 0 atom stereocenters. The molecular weight excluding hydrogens is 396 g/mol. The van der Waals surface area contributed by atoms with Crippen molar-refractivity contribution in [1.82, 2.24) is 14.8 Å². The SMILES string of the molecule is Cc1ccc(OCc2csc(C(=O)Nc3ncn(Cc4ccccc4)n3)c2)cc1C. The van der Waals surface area contributed by atoms with Crippen LogP contribution in [0.5, 0.6) is 5.75 Å². The zero-order valence-electron chi connectivity index (χ0n) is 16.8. The van der Waals surface area contributed by atoms with Crippen LogP contribution in [0.3, 0.4) is 0 Å². The molecule has 0 aliphatic heterocycles. The molecule has 2 aromatic carbocycles. The molecule has 30 heavy (non-hydrogen) atoms. The highest BCUT2D eigenvalue weighted by molar-refractivity contribution is 7.12. The van der Waals surface area contributed by atoms with Gasteiger partial charge in [0.2, 0.25) is 5.95 Å². The van der Waals surface area contributed by atoms with E-state index in [9.17, 15) is 4.79 Å². The van der Waals surface area contributed by atoms with Crippen molar-refractivity contribution in [3.63, 3.8) is 0 Å². The fourth-order valence-corrected chi connectivity index (χ4v) is 3.69. The van der Waals surface area contributed by atoms with Gasteiger partial charge < -0.3 is 4.74 Å². The van der Waals surface area contributed by atoms with Crippen molar-refractivity contribution in [2.45, 2.75) is 27.0 Å². The van der Waals surface area contributed by atoms with Crippen LogP contribution in [-0.4, -0.2) is 20.7 Å². The Morgan fingerprint density at radius 2 is 1.90 bits per heavy atom. The highest BCUT2D eigenvalue weighted by atomic mass is 32.1. The lowest BCUT2D eigenvalue weighted by Crippen LogP contribution is -2.12. The summed E-state index contributed by atoms with van der Waals surface area (Å²) < 4.78 is 7.54. The van der Waals surface area contributed by atoms with Crippen LogP contribution in [0, 0.1) is 13.8 Å². The number of carbonyl (C=O) groups is 1. The first-order valence-electron chi connectivity index (χ1n) is 9.59. The van der Waals surface area contributed by atoms with E-state index in [2.05, 4.69) is 29.2 Å². The third-order valence-corrected chi connectivity index (χ3v) is 5.69. The second kappa shape index (κ2) is 8.92. The van der Waals surface area contributed by atoms with E-state index in [1.807, 2.05) is 60.0 Å². The highest BCUT2D eigenvalue weighted by Gasteiger charge is 2.12. The second-order valence-electron chi connectivity index (χ2n) is 7.06. The molecule has 0 bridgehead atoms. The Balaban J connectivity index is 1.33. The van der Waals surface area contributed by atoms with Crippen molar-refractivity contribution in [3.05, 3.63) is 93.4 Å². The minimum atomic E-state index is -0.227. The zero-order chi connectivity index (χ0) is 20.9. The van der Waals surface area contributed by atoms with E-state index in [4.69, 9.17) is 4.74 Å². The molecule has 6 nitrogen and oxygen atoms in total. The standard InChI is InChI=1S/C23H22N4O2S/c1-16-8-9-20(10-17(16)2)29-13-19-11-21(30-14-19)22(28)25-23-24-15-27(26-23)12-18-6-4-3-5-7-18/h3-11,14-15H,12-13H2,1-2H3,(H,25,26,28). The van der Waals surface area contributed by atoms with E-state index in [1.165, 1.54) is 22.5 Å². The molecule has 0 saturated carbocycles. The third-order valence-electron chi connectivity index (χ3n) is 4.71. The highest BCUT2D eigenvalue weighted by Crippen LogP contribution is 2.20. The summed E-state index contributed by atoms with van der Waals surface area (Å²) in [6, 6.07) is 17.8. The number of nitrogens with one attached hydrogen (secondary N) is 1. The summed E-state index contributed by atoms with van der Waals surface area (Å²) in [5, 5.41) is 9.00. The maximum atomic E-state index is 12.5. The van der Waals surface area contributed by atoms with Gasteiger partial charge in [0.15, 0.2) is 0 Å². The first kappa shape index (κ1) is 19.8. The summed E-state index contributed by atoms with van der Waals surface area (Å²) in [5.41, 5.74) is 4.49. The van der Waals surface area contributed by atoms with Gasteiger partial charge >= 0.3 is 0 Å². The molecule has 1 amide bonds. The van der Waals surface area contributed by atoms with Crippen LogP contribution in [0.15, 0.2) is 66.3 Å². The van der Waals surface area contributed by atoms with Crippen LogP contribution in [0.2, 0.25) is 0 Å². The zero-order valence-corrected chi connectivity index (χ0v) is 17.6. The summed E-state index contributed by atoms with van der Waals surface area (Å²) in [6.07, 6.45) is 1.61. The molecule has 4 rings (SSSR count). The lowest BCUT2D eigenvalue weighted by atomic mass is 10.1. The van der Waals surface area contributed by atoms with Gasteiger partial charge in [-0.05, 0) is 54.1 Å². The van der Waals surface area contributed by atoms with E-state index in [0.717, 1.165) is 16.9 Å². The van der Waals surface area contributed by atoms with Crippen LogP contribution in [-0.2, 0) is 13.2 Å². The smallest absolute Gasteiger partial charge is 0.268 e. The summed E-state index contributed by atoms with van der Waals surface area (Å²) in [6.45, 7) is 5.14. The van der Waals surface area contributed by atoms with E-state index < -0.39 is 0 Å². The van der Waals surface area contributed by atoms with E-state index in [-0.39, 0.29) is 11.9 Å². The number of amides is 1. The summed E-state index contributed by atoms with van der Waals surface area (Å²) in [4.78, 5) is 17.3. The number of ether oxygens (including phenoxy) is 1. The van der Waals surface area contributed by atoms with Crippen LogP contribution in [0.4, 0.5) is 5.95 Å². The maximum Gasteiger partial charge on any atom is 0.268 e.